The first-order valence-electron chi connectivity index (χ1n) is 8.32. The van der Waals surface area contributed by atoms with Crippen LogP contribution in [0.2, 0.25) is 0 Å². The normalized spacial score (nSPS) is 11.5. The Kier molecular flexibility index (Phi) is 6.17. The van der Waals surface area contributed by atoms with Crippen LogP contribution in [0.15, 0.2) is 42.5 Å². The molecule has 0 saturated heterocycles. The molecule has 2 aromatic carbocycles. The summed E-state index contributed by atoms with van der Waals surface area (Å²) in [6.45, 7) is 6.07. The highest BCUT2D eigenvalue weighted by Crippen LogP contribution is 2.27. The van der Waals surface area contributed by atoms with Crippen LogP contribution in [0.1, 0.15) is 37.3 Å². The average Bonchev–Trinajstić information content (AvgIpc) is 2.61. The van der Waals surface area contributed by atoms with Crippen molar-refractivity contribution in [2.24, 2.45) is 0 Å². The van der Waals surface area contributed by atoms with Crippen LogP contribution in [-0.2, 0) is 9.59 Å². The first-order valence-corrected chi connectivity index (χ1v) is 8.32. The molecule has 0 fully saturated rings. The molecule has 0 aromatic heterocycles. The summed E-state index contributed by atoms with van der Waals surface area (Å²) >= 11 is 0. The predicted octanol–water partition coefficient (Wildman–Crippen LogP) is 4.09. The summed E-state index contributed by atoms with van der Waals surface area (Å²) in [7, 11) is 1.52. The summed E-state index contributed by atoms with van der Waals surface area (Å²) in [5.74, 6) is -0.648. The van der Waals surface area contributed by atoms with Gasteiger partial charge in [0.15, 0.2) is 0 Å². The Labute approximate surface area is 148 Å². The third-order valence-corrected chi connectivity index (χ3v) is 4.16. The third kappa shape index (κ3) is 4.59. The first kappa shape index (κ1) is 18.5. The standard InChI is InChI=1S/C20H24N2O3/c1-5-14(3)15-8-6-7-9-16(15)21-19(23)20(24)22-17-12-13(2)10-11-18(17)25-4/h6-12,14H,5H2,1-4H3,(H,21,23)(H,22,24). The highest BCUT2D eigenvalue weighted by Gasteiger charge is 2.18. The predicted molar refractivity (Wildman–Crippen MR) is 100 cm³/mol. The second-order valence-electron chi connectivity index (χ2n) is 6.01. The van der Waals surface area contributed by atoms with Gasteiger partial charge in [0.2, 0.25) is 0 Å². The molecule has 2 amide bonds. The number of benzene rings is 2. The lowest BCUT2D eigenvalue weighted by atomic mass is 9.97. The molecule has 132 valence electrons. The Hall–Kier alpha value is -2.82. The van der Waals surface area contributed by atoms with Crippen molar-refractivity contribution in [3.63, 3.8) is 0 Å². The maximum atomic E-state index is 12.3. The van der Waals surface area contributed by atoms with E-state index < -0.39 is 11.8 Å². The number of nitrogens with one attached hydrogen (secondary N) is 2. The second kappa shape index (κ2) is 8.33. The summed E-state index contributed by atoms with van der Waals surface area (Å²) < 4.78 is 5.22. The average molecular weight is 340 g/mol. The maximum Gasteiger partial charge on any atom is 0.314 e. The van der Waals surface area contributed by atoms with Gasteiger partial charge in [0, 0.05) is 5.69 Å². The van der Waals surface area contributed by atoms with E-state index in [1.807, 2.05) is 31.2 Å². The molecular weight excluding hydrogens is 316 g/mol. The lowest BCUT2D eigenvalue weighted by Crippen LogP contribution is -2.29. The van der Waals surface area contributed by atoms with Crippen molar-refractivity contribution in [3.05, 3.63) is 53.6 Å². The highest BCUT2D eigenvalue weighted by molar-refractivity contribution is 6.43. The van der Waals surface area contributed by atoms with Gasteiger partial charge in [-0.05, 0) is 48.6 Å². The molecule has 0 spiro atoms. The van der Waals surface area contributed by atoms with Gasteiger partial charge >= 0.3 is 11.8 Å². The topological polar surface area (TPSA) is 67.4 Å². The van der Waals surface area contributed by atoms with Crippen LogP contribution in [0.3, 0.4) is 0 Å². The number of amides is 2. The minimum atomic E-state index is -0.733. The SMILES string of the molecule is CCC(C)c1ccccc1NC(=O)C(=O)Nc1cc(C)ccc1OC. The van der Waals surface area contributed by atoms with Crippen LogP contribution in [0.5, 0.6) is 5.75 Å². The van der Waals surface area contributed by atoms with E-state index in [9.17, 15) is 9.59 Å². The molecule has 0 radical (unpaired) electrons. The number of anilines is 2. The zero-order valence-corrected chi connectivity index (χ0v) is 15.1. The van der Waals surface area contributed by atoms with E-state index in [-0.39, 0.29) is 5.92 Å². The minimum absolute atomic E-state index is 0.288. The lowest BCUT2D eigenvalue weighted by Gasteiger charge is -2.16. The van der Waals surface area contributed by atoms with Gasteiger partial charge in [0.05, 0.1) is 12.8 Å². The van der Waals surface area contributed by atoms with Crippen molar-refractivity contribution in [2.45, 2.75) is 33.1 Å². The third-order valence-electron chi connectivity index (χ3n) is 4.16. The molecule has 5 nitrogen and oxygen atoms in total. The largest absolute Gasteiger partial charge is 0.495 e. The fourth-order valence-corrected chi connectivity index (χ4v) is 2.54. The number of carbonyl (C=O) groups excluding carboxylic acids is 2. The molecule has 2 aromatic rings. The molecule has 25 heavy (non-hydrogen) atoms. The van der Waals surface area contributed by atoms with Crippen molar-refractivity contribution in [1.29, 1.82) is 0 Å². The Morgan fingerprint density at radius 2 is 1.68 bits per heavy atom. The Balaban J connectivity index is 2.14. The number of carbonyl (C=O) groups is 2. The number of aryl methyl sites for hydroxylation is 1. The van der Waals surface area contributed by atoms with Crippen molar-refractivity contribution in [3.8, 4) is 5.75 Å². The van der Waals surface area contributed by atoms with Crippen molar-refractivity contribution in [2.75, 3.05) is 17.7 Å². The number of methoxy groups -OCH3 is 1. The quantitative estimate of drug-likeness (QED) is 0.806. The number of para-hydroxylation sites is 1. The van der Waals surface area contributed by atoms with Crippen LogP contribution in [0, 0.1) is 6.92 Å². The Morgan fingerprint density at radius 1 is 1.04 bits per heavy atom. The molecule has 0 aliphatic rings. The zero-order chi connectivity index (χ0) is 18.4. The molecule has 0 heterocycles. The van der Waals surface area contributed by atoms with E-state index in [2.05, 4.69) is 24.5 Å². The number of ether oxygens (including phenoxy) is 1. The molecule has 0 bridgehead atoms. The molecule has 0 aliphatic carbocycles. The fourth-order valence-electron chi connectivity index (χ4n) is 2.54. The van der Waals surface area contributed by atoms with E-state index in [0.717, 1.165) is 17.5 Å². The first-order chi connectivity index (χ1) is 12.0. The van der Waals surface area contributed by atoms with Crippen LogP contribution >= 0.6 is 0 Å². The van der Waals surface area contributed by atoms with Crippen molar-refractivity contribution < 1.29 is 14.3 Å². The Bertz CT molecular complexity index is 771. The van der Waals surface area contributed by atoms with E-state index >= 15 is 0 Å². The van der Waals surface area contributed by atoms with E-state index in [0.29, 0.717) is 17.1 Å². The molecule has 0 aliphatic heterocycles. The molecule has 2 rings (SSSR count). The van der Waals surface area contributed by atoms with Gasteiger partial charge in [0.1, 0.15) is 5.75 Å². The molecule has 5 heteroatoms. The fraction of sp³-hybridized carbons (Fsp3) is 0.300. The van der Waals surface area contributed by atoms with E-state index in [4.69, 9.17) is 4.74 Å². The zero-order valence-electron chi connectivity index (χ0n) is 15.1. The number of hydrogen-bond acceptors (Lipinski definition) is 3. The molecular formula is C20H24N2O3. The summed E-state index contributed by atoms with van der Waals surface area (Å²) in [6, 6.07) is 12.9. The van der Waals surface area contributed by atoms with E-state index in [1.165, 1.54) is 7.11 Å². The lowest BCUT2D eigenvalue weighted by molar-refractivity contribution is -0.133. The minimum Gasteiger partial charge on any atom is -0.495 e. The molecule has 1 atom stereocenters. The van der Waals surface area contributed by atoms with Gasteiger partial charge in [-0.1, -0.05) is 38.1 Å². The molecule has 0 saturated carbocycles. The summed E-state index contributed by atoms with van der Waals surface area (Å²) in [5, 5.41) is 5.32. The smallest absolute Gasteiger partial charge is 0.314 e. The second-order valence-corrected chi connectivity index (χ2v) is 6.01. The maximum absolute atomic E-state index is 12.3. The number of hydrogen-bond donors (Lipinski definition) is 2. The van der Waals surface area contributed by atoms with Gasteiger partial charge in [-0.2, -0.15) is 0 Å². The monoisotopic (exact) mass is 340 g/mol. The van der Waals surface area contributed by atoms with Gasteiger partial charge in [0.25, 0.3) is 0 Å². The molecule has 1 unspecified atom stereocenters. The van der Waals surface area contributed by atoms with Crippen LogP contribution in [-0.4, -0.2) is 18.9 Å². The summed E-state index contributed by atoms with van der Waals surface area (Å²) in [6.07, 6.45) is 0.944. The highest BCUT2D eigenvalue weighted by atomic mass is 16.5. The molecule has 2 N–H and O–H groups in total. The van der Waals surface area contributed by atoms with Gasteiger partial charge < -0.3 is 15.4 Å². The summed E-state index contributed by atoms with van der Waals surface area (Å²) in [4.78, 5) is 24.6. The van der Waals surface area contributed by atoms with Crippen LogP contribution in [0.25, 0.3) is 0 Å². The Morgan fingerprint density at radius 3 is 2.32 bits per heavy atom. The summed E-state index contributed by atoms with van der Waals surface area (Å²) in [5.41, 5.74) is 3.10. The van der Waals surface area contributed by atoms with Crippen LogP contribution in [0.4, 0.5) is 11.4 Å². The van der Waals surface area contributed by atoms with Gasteiger partial charge in [-0.3, -0.25) is 9.59 Å². The van der Waals surface area contributed by atoms with Gasteiger partial charge in [-0.15, -0.1) is 0 Å². The van der Waals surface area contributed by atoms with Gasteiger partial charge in [-0.25, -0.2) is 0 Å². The van der Waals surface area contributed by atoms with Crippen molar-refractivity contribution >= 4 is 23.2 Å². The van der Waals surface area contributed by atoms with Crippen LogP contribution < -0.4 is 15.4 Å². The number of rotatable bonds is 5. The van der Waals surface area contributed by atoms with E-state index in [1.54, 1.807) is 18.2 Å². The van der Waals surface area contributed by atoms with Crippen molar-refractivity contribution in [1.82, 2.24) is 0 Å².